The normalized spacial score (nSPS) is 12.2. The SMILES string of the molecule is c1ccc(-c2nc(-c3ccc(-n4c5ccc6cccc7oc8cccc9ccc4c(c98)c5c67)c4ccccc34)nc3ccccc23)cc1. The Bertz CT molecular complexity index is 2960. The average Bonchev–Trinajstić information content (AvgIpc) is 3.40. The number of fused-ring (bicyclic) bond motifs is 2. The van der Waals surface area contributed by atoms with Crippen molar-refractivity contribution in [2.75, 3.05) is 0 Å². The standard InChI is InChI=1S/C44H25N3O/c1-2-10-28(11-3-1)43-32-16-6-7-17-33(32)45-44(46-43)31-22-25-34(30-15-5-4-14-29(30)31)47-35-23-20-26-12-8-18-37-39(26)41(35)42-36(47)24-21-27-13-9-19-38(48-37)40(27)42/h1-25H. The molecule has 0 spiro atoms. The zero-order valence-corrected chi connectivity index (χ0v) is 25.7. The van der Waals surface area contributed by atoms with Gasteiger partial charge in [0.05, 0.1) is 27.9 Å². The largest absolute Gasteiger partial charge is 0.456 e. The summed E-state index contributed by atoms with van der Waals surface area (Å²) in [6.07, 6.45) is 0. The molecule has 0 bridgehead atoms. The molecule has 0 amide bonds. The summed E-state index contributed by atoms with van der Waals surface area (Å²) in [5, 5.41) is 10.4. The fraction of sp³-hybridized carbons (Fsp3) is 0. The van der Waals surface area contributed by atoms with Gasteiger partial charge in [-0.1, -0.05) is 109 Å². The molecule has 4 heteroatoms. The van der Waals surface area contributed by atoms with Gasteiger partial charge in [0.25, 0.3) is 0 Å². The highest BCUT2D eigenvalue weighted by molar-refractivity contribution is 6.33. The summed E-state index contributed by atoms with van der Waals surface area (Å²) in [6, 6.07) is 53.4. The van der Waals surface area contributed by atoms with Crippen LogP contribution in [-0.4, -0.2) is 14.5 Å². The summed E-state index contributed by atoms with van der Waals surface area (Å²) in [5.74, 6) is 0.718. The molecule has 48 heavy (non-hydrogen) atoms. The molecule has 0 aliphatic heterocycles. The summed E-state index contributed by atoms with van der Waals surface area (Å²) < 4.78 is 9.08. The predicted octanol–water partition coefficient (Wildman–Crippen LogP) is 11.7. The Labute approximate surface area is 274 Å². The minimum absolute atomic E-state index is 0.718. The second kappa shape index (κ2) is 9.50. The van der Waals surface area contributed by atoms with E-state index in [9.17, 15) is 0 Å². The number of aromatic nitrogens is 3. The van der Waals surface area contributed by atoms with E-state index in [2.05, 4.69) is 144 Å². The zero-order chi connectivity index (χ0) is 31.3. The molecule has 0 unspecified atom stereocenters. The van der Waals surface area contributed by atoms with Crippen molar-refractivity contribution in [3.05, 3.63) is 152 Å². The van der Waals surface area contributed by atoms with Crippen molar-refractivity contribution in [3.63, 3.8) is 0 Å². The van der Waals surface area contributed by atoms with Crippen molar-refractivity contribution in [2.24, 2.45) is 0 Å². The Balaban J connectivity index is 1.24. The van der Waals surface area contributed by atoms with E-state index in [1.807, 2.05) is 12.1 Å². The molecule has 11 aromatic rings. The Morgan fingerprint density at radius 1 is 0.438 bits per heavy atom. The summed E-state index contributed by atoms with van der Waals surface area (Å²) in [5.41, 5.74) is 9.17. The molecule has 11 rings (SSSR count). The third kappa shape index (κ3) is 3.43. The van der Waals surface area contributed by atoms with Crippen LogP contribution < -0.4 is 0 Å². The Kier molecular flexibility index (Phi) is 5.08. The van der Waals surface area contributed by atoms with Crippen molar-refractivity contribution >= 4 is 76.2 Å². The maximum absolute atomic E-state index is 6.64. The van der Waals surface area contributed by atoms with Crippen molar-refractivity contribution in [2.45, 2.75) is 0 Å². The summed E-state index contributed by atoms with van der Waals surface area (Å²) in [6.45, 7) is 0. The number of rotatable bonds is 3. The Hall–Kier alpha value is -6.52. The predicted molar refractivity (Wildman–Crippen MR) is 198 cm³/mol. The van der Waals surface area contributed by atoms with Crippen molar-refractivity contribution in [1.29, 1.82) is 0 Å². The molecule has 0 radical (unpaired) electrons. The van der Waals surface area contributed by atoms with E-state index in [-0.39, 0.29) is 0 Å². The van der Waals surface area contributed by atoms with Crippen LogP contribution in [0.5, 0.6) is 0 Å². The maximum atomic E-state index is 6.64. The van der Waals surface area contributed by atoms with E-state index in [1.54, 1.807) is 0 Å². The van der Waals surface area contributed by atoms with Gasteiger partial charge >= 0.3 is 0 Å². The monoisotopic (exact) mass is 611 g/mol. The fourth-order valence-electron chi connectivity index (χ4n) is 7.91. The van der Waals surface area contributed by atoms with E-state index >= 15 is 0 Å². The zero-order valence-electron chi connectivity index (χ0n) is 25.7. The van der Waals surface area contributed by atoms with Gasteiger partial charge in [0.1, 0.15) is 11.2 Å². The van der Waals surface area contributed by atoms with Gasteiger partial charge in [-0.2, -0.15) is 0 Å². The maximum Gasteiger partial charge on any atom is 0.161 e. The van der Waals surface area contributed by atoms with E-state index in [0.29, 0.717) is 0 Å². The molecule has 222 valence electrons. The first-order valence-electron chi connectivity index (χ1n) is 16.3. The van der Waals surface area contributed by atoms with Gasteiger partial charge in [0, 0.05) is 43.4 Å². The smallest absolute Gasteiger partial charge is 0.161 e. The van der Waals surface area contributed by atoms with Gasteiger partial charge in [0.2, 0.25) is 0 Å². The molecule has 0 N–H and O–H groups in total. The lowest BCUT2D eigenvalue weighted by Crippen LogP contribution is -1.99. The molecule has 0 saturated carbocycles. The molecule has 0 aliphatic carbocycles. The summed E-state index contributed by atoms with van der Waals surface area (Å²) >= 11 is 0. The highest BCUT2D eigenvalue weighted by atomic mass is 16.3. The van der Waals surface area contributed by atoms with E-state index < -0.39 is 0 Å². The van der Waals surface area contributed by atoms with Gasteiger partial charge in [-0.3, -0.25) is 0 Å². The lowest BCUT2D eigenvalue weighted by Gasteiger charge is -2.16. The van der Waals surface area contributed by atoms with Crippen LogP contribution in [-0.2, 0) is 0 Å². The molecule has 3 aromatic heterocycles. The molecule has 0 fully saturated rings. The first-order chi connectivity index (χ1) is 23.8. The third-order valence-corrected chi connectivity index (χ3v) is 9.96. The molecular formula is C44H25N3O. The molecule has 0 saturated heterocycles. The Morgan fingerprint density at radius 2 is 1.06 bits per heavy atom. The van der Waals surface area contributed by atoms with Crippen molar-refractivity contribution in [1.82, 2.24) is 14.5 Å². The quantitative estimate of drug-likeness (QED) is 0.200. The second-order valence-electron chi connectivity index (χ2n) is 12.5. The van der Waals surface area contributed by atoms with Gasteiger partial charge in [-0.15, -0.1) is 0 Å². The molecule has 3 heterocycles. The third-order valence-electron chi connectivity index (χ3n) is 9.96. The van der Waals surface area contributed by atoms with Gasteiger partial charge in [-0.25, -0.2) is 9.97 Å². The lowest BCUT2D eigenvalue weighted by molar-refractivity contribution is 0.664. The van der Waals surface area contributed by atoms with Gasteiger partial charge < -0.3 is 8.98 Å². The minimum Gasteiger partial charge on any atom is -0.456 e. The highest BCUT2D eigenvalue weighted by Gasteiger charge is 2.23. The van der Waals surface area contributed by atoms with E-state index in [1.165, 1.54) is 21.5 Å². The van der Waals surface area contributed by atoms with Crippen LogP contribution >= 0.6 is 0 Å². The number of hydrogen-bond acceptors (Lipinski definition) is 3. The number of para-hydroxylation sites is 1. The van der Waals surface area contributed by atoms with Crippen LogP contribution in [0.1, 0.15) is 0 Å². The number of benzene rings is 8. The van der Waals surface area contributed by atoms with Gasteiger partial charge in [0.15, 0.2) is 5.82 Å². The Morgan fingerprint density at radius 3 is 1.77 bits per heavy atom. The van der Waals surface area contributed by atoms with Crippen LogP contribution in [0.25, 0.3) is 105 Å². The fourth-order valence-corrected chi connectivity index (χ4v) is 7.91. The highest BCUT2D eigenvalue weighted by Crippen LogP contribution is 2.46. The van der Waals surface area contributed by atoms with Crippen LogP contribution in [0.2, 0.25) is 0 Å². The molecule has 0 aliphatic rings. The van der Waals surface area contributed by atoms with E-state index in [0.717, 1.165) is 83.0 Å². The van der Waals surface area contributed by atoms with E-state index in [4.69, 9.17) is 14.4 Å². The summed E-state index contributed by atoms with van der Waals surface area (Å²) in [7, 11) is 0. The molecule has 0 atom stereocenters. The second-order valence-corrected chi connectivity index (χ2v) is 12.5. The molecular weight excluding hydrogens is 587 g/mol. The number of hydrogen-bond donors (Lipinski definition) is 0. The van der Waals surface area contributed by atoms with Crippen LogP contribution in [0, 0.1) is 0 Å². The van der Waals surface area contributed by atoms with Crippen LogP contribution in [0.4, 0.5) is 0 Å². The average molecular weight is 612 g/mol. The van der Waals surface area contributed by atoms with Crippen LogP contribution in [0.15, 0.2) is 156 Å². The number of nitrogens with zero attached hydrogens (tertiary/aromatic N) is 3. The van der Waals surface area contributed by atoms with Crippen molar-refractivity contribution in [3.8, 4) is 28.3 Å². The minimum atomic E-state index is 0.718. The first-order valence-corrected chi connectivity index (χ1v) is 16.3. The molecule has 8 aromatic carbocycles. The summed E-state index contributed by atoms with van der Waals surface area (Å²) in [4.78, 5) is 10.4. The lowest BCUT2D eigenvalue weighted by atomic mass is 10.00. The van der Waals surface area contributed by atoms with Gasteiger partial charge in [-0.05, 0) is 58.6 Å². The topological polar surface area (TPSA) is 43.9 Å². The van der Waals surface area contributed by atoms with Crippen LogP contribution in [0.3, 0.4) is 0 Å². The first kappa shape index (κ1) is 25.6. The van der Waals surface area contributed by atoms with Crippen molar-refractivity contribution < 1.29 is 4.42 Å². The molecule has 4 nitrogen and oxygen atoms in total.